The zero-order valence-electron chi connectivity index (χ0n) is 10.5. The van der Waals surface area contributed by atoms with Crippen LogP contribution in [0.3, 0.4) is 0 Å². The van der Waals surface area contributed by atoms with Crippen LogP contribution in [0.25, 0.3) is 0 Å². The molecule has 0 spiro atoms. The molecule has 0 bridgehead atoms. The Morgan fingerprint density at radius 2 is 1.75 bits per heavy atom. The lowest BCUT2D eigenvalue weighted by Crippen LogP contribution is -2.04. The predicted octanol–water partition coefficient (Wildman–Crippen LogP) is 2.16. The lowest BCUT2D eigenvalue weighted by molar-refractivity contribution is -0.143. The molecule has 96 valence electrons. The van der Waals surface area contributed by atoms with Crippen LogP contribution in [0.4, 0.5) is 0 Å². The van der Waals surface area contributed by atoms with Crippen molar-refractivity contribution >= 4 is 5.97 Å². The highest BCUT2D eigenvalue weighted by atomic mass is 16.5. The number of ether oxygens (including phenoxy) is 3. The smallest absolute Gasteiger partial charge is 0.305 e. The van der Waals surface area contributed by atoms with Gasteiger partial charge in [-0.1, -0.05) is 6.42 Å². The van der Waals surface area contributed by atoms with E-state index in [1.54, 1.807) is 7.11 Å². The van der Waals surface area contributed by atoms with Gasteiger partial charge in [-0.25, -0.2) is 0 Å². The lowest BCUT2D eigenvalue weighted by atomic mass is 10.2. The first-order valence-electron chi connectivity index (χ1n) is 6.03. The summed E-state index contributed by atoms with van der Waals surface area (Å²) in [6, 6.07) is 0. The Hall–Kier alpha value is -0.610. The van der Waals surface area contributed by atoms with Crippen LogP contribution in [0, 0.1) is 0 Å². The first-order chi connectivity index (χ1) is 7.81. The van der Waals surface area contributed by atoms with Crippen LogP contribution < -0.4 is 0 Å². The molecule has 4 nitrogen and oxygen atoms in total. The van der Waals surface area contributed by atoms with Crippen molar-refractivity contribution in [3.05, 3.63) is 0 Å². The van der Waals surface area contributed by atoms with E-state index < -0.39 is 0 Å². The van der Waals surface area contributed by atoms with E-state index in [9.17, 15) is 4.79 Å². The van der Waals surface area contributed by atoms with Gasteiger partial charge in [-0.3, -0.25) is 4.79 Å². The highest BCUT2D eigenvalue weighted by Gasteiger charge is 2.00. The fraction of sp³-hybridized carbons (Fsp3) is 0.917. The highest BCUT2D eigenvalue weighted by Crippen LogP contribution is 2.01. The third-order valence-corrected chi connectivity index (χ3v) is 2.11. The molecule has 0 aromatic carbocycles. The molecule has 0 aliphatic heterocycles. The Balaban J connectivity index is 3.01. The number of esters is 1. The molecule has 0 fully saturated rings. The summed E-state index contributed by atoms with van der Waals surface area (Å²) in [4.78, 5) is 11.0. The number of carbonyl (C=O) groups is 1. The van der Waals surface area contributed by atoms with Crippen molar-refractivity contribution < 1.29 is 19.0 Å². The quantitative estimate of drug-likeness (QED) is 0.404. The Labute approximate surface area is 98.3 Å². The molecule has 0 unspecified atom stereocenters. The third kappa shape index (κ3) is 11.5. The van der Waals surface area contributed by atoms with Gasteiger partial charge < -0.3 is 14.2 Å². The Kier molecular flexibility index (Phi) is 12.0. The molecular weight excluding hydrogens is 208 g/mol. The largest absolute Gasteiger partial charge is 0.466 e. The monoisotopic (exact) mass is 232 g/mol. The second-order valence-corrected chi connectivity index (χ2v) is 3.57. The van der Waals surface area contributed by atoms with Crippen LogP contribution in [0.2, 0.25) is 0 Å². The van der Waals surface area contributed by atoms with Gasteiger partial charge >= 0.3 is 5.97 Å². The summed E-state index contributed by atoms with van der Waals surface area (Å²) in [7, 11) is 1.69. The van der Waals surface area contributed by atoms with Crippen molar-refractivity contribution in [1.82, 2.24) is 0 Å². The van der Waals surface area contributed by atoms with E-state index in [0.717, 1.165) is 45.5 Å². The maximum atomic E-state index is 11.0. The highest BCUT2D eigenvalue weighted by molar-refractivity contribution is 5.69. The molecule has 0 aromatic heterocycles. The summed E-state index contributed by atoms with van der Waals surface area (Å²) in [6.07, 6.45) is 4.38. The van der Waals surface area contributed by atoms with Crippen LogP contribution in [0.1, 0.15) is 39.0 Å². The third-order valence-electron chi connectivity index (χ3n) is 2.11. The number of methoxy groups -OCH3 is 1. The average molecular weight is 232 g/mol. The zero-order valence-corrected chi connectivity index (χ0v) is 10.5. The minimum absolute atomic E-state index is 0.0940. The fourth-order valence-electron chi connectivity index (χ4n) is 1.29. The van der Waals surface area contributed by atoms with Crippen molar-refractivity contribution in [2.24, 2.45) is 0 Å². The van der Waals surface area contributed by atoms with Gasteiger partial charge in [0, 0.05) is 33.4 Å². The summed E-state index contributed by atoms with van der Waals surface area (Å²) in [6.45, 7) is 4.58. The second-order valence-electron chi connectivity index (χ2n) is 3.57. The molecule has 0 amide bonds. The lowest BCUT2D eigenvalue weighted by Gasteiger charge is -2.04. The molecule has 0 atom stereocenters. The summed E-state index contributed by atoms with van der Waals surface area (Å²) >= 11 is 0. The Bertz CT molecular complexity index is 159. The minimum Gasteiger partial charge on any atom is -0.466 e. The molecule has 16 heavy (non-hydrogen) atoms. The molecule has 0 saturated heterocycles. The van der Waals surface area contributed by atoms with E-state index in [2.05, 4.69) is 0 Å². The van der Waals surface area contributed by atoms with Gasteiger partial charge in [0.15, 0.2) is 0 Å². The normalized spacial score (nSPS) is 10.4. The van der Waals surface area contributed by atoms with Gasteiger partial charge in [0.2, 0.25) is 0 Å². The van der Waals surface area contributed by atoms with Crippen LogP contribution in [-0.4, -0.2) is 39.5 Å². The Morgan fingerprint density at radius 1 is 1.00 bits per heavy atom. The molecule has 0 aromatic rings. The van der Waals surface area contributed by atoms with Crippen LogP contribution in [0.15, 0.2) is 0 Å². The van der Waals surface area contributed by atoms with Gasteiger partial charge in [0.1, 0.15) is 0 Å². The van der Waals surface area contributed by atoms with E-state index >= 15 is 0 Å². The number of unbranched alkanes of at least 4 members (excludes halogenated alkanes) is 2. The van der Waals surface area contributed by atoms with E-state index in [1.807, 2.05) is 6.92 Å². The SMILES string of the molecule is CCOC(=O)CCCCCOCCCOC. The molecule has 0 rings (SSSR count). The molecule has 4 heteroatoms. The van der Waals surface area contributed by atoms with Crippen LogP contribution >= 0.6 is 0 Å². The topological polar surface area (TPSA) is 44.8 Å². The first-order valence-corrected chi connectivity index (χ1v) is 6.03. The van der Waals surface area contributed by atoms with Crippen molar-refractivity contribution in [2.45, 2.75) is 39.0 Å². The number of hydrogen-bond acceptors (Lipinski definition) is 4. The minimum atomic E-state index is -0.0940. The zero-order chi connectivity index (χ0) is 12.1. The molecule has 0 aliphatic carbocycles. The standard InChI is InChI=1S/C12H24O4/c1-3-16-12(13)8-5-4-6-10-15-11-7-9-14-2/h3-11H2,1-2H3. The molecule has 0 aliphatic rings. The molecule has 0 radical (unpaired) electrons. The van der Waals surface area contributed by atoms with Crippen LogP contribution in [-0.2, 0) is 19.0 Å². The van der Waals surface area contributed by atoms with Crippen LogP contribution in [0.5, 0.6) is 0 Å². The van der Waals surface area contributed by atoms with Gasteiger partial charge in [0.25, 0.3) is 0 Å². The Morgan fingerprint density at radius 3 is 2.44 bits per heavy atom. The van der Waals surface area contributed by atoms with Gasteiger partial charge in [-0.05, 0) is 26.2 Å². The van der Waals surface area contributed by atoms with E-state index in [-0.39, 0.29) is 5.97 Å². The maximum Gasteiger partial charge on any atom is 0.305 e. The second kappa shape index (κ2) is 12.5. The summed E-state index contributed by atoms with van der Waals surface area (Å²) in [5.74, 6) is -0.0940. The van der Waals surface area contributed by atoms with Crippen molar-refractivity contribution in [1.29, 1.82) is 0 Å². The molecular formula is C12H24O4. The van der Waals surface area contributed by atoms with E-state index in [4.69, 9.17) is 14.2 Å². The number of hydrogen-bond donors (Lipinski definition) is 0. The van der Waals surface area contributed by atoms with E-state index in [0.29, 0.717) is 13.0 Å². The molecule has 0 saturated carbocycles. The predicted molar refractivity (Wildman–Crippen MR) is 62.4 cm³/mol. The number of carbonyl (C=O) groups excluding carboxylic acids is 1. The van der Waals surface area contributed by atoms with Gasteiger partial charge in [0.05, 0.1) is 6.61 Å². The summed E-state index contributed by atoms with van der Waals surface area (Å²) in [5.41, 5.74) is 0. The molecule has 0 N–H and O–H groups in total. The summed E-state index contributed by atoms with van der Waals surface area (Å²) in [5, 5.41) is 0. The van der Waals surface area contributed by atoms with Gasteiger partial charge in [-0.2, -0.15) is 0 Å². The number of rotatable bonds is 11. The van der Waals surface area contributed by atoms with Gasteiger partial charge in [-0.15, -0.1) is 0 Å². The average Bonchev–Trinajstić information content (AvgIpc) is 2.27. The fourth-order valence-corrected chi connectivity index (χ4v) is 1.29. The van der Waals surface area contributed by atoms with Crippen molar-refractivity contribution in [3.63, 3.8) is 0 Å². The van der Waals surface area contributed by atoms with Crippen molar-refractivity contribution in [2.75, 3.05) is 33.5 Å². The maximum absolute atomic E-state index is 11.0. The van der Waals surface area contributed by atoms with E-state index in [1.165, 1.54) is 0 Å². The summed E-state index contributed by atoms with van der Waals surface area (Å²) < 4.78 is 15.1. The van der Waals surface area contributed by atoms with Crippen molar-refractivity contribution in [3.8, 4) is 0 Å². The molecule has 0 heterocycles. The first kappa shape index (κ1) is 15.4.